The Balaban J connectivity index is 1.53. The molecular weight excluding hydrogens is 420 g/mol. The topological polar surface area (TPSA) is 80.5 Å². The lowest BCUT2D eigenvalue weighted by Crippen LogP contribution is -2.42. The zero-order valence-corrected chi connectivity index (χ0v) is 17.1. The number of rotatable bonds is 5. The van der Waals surface area contributed by atoms with Crippen LogP contribution in [0.15, 0.2) is 58.2 Å². The Kier molecular flexibility index (Phi) is 5.35. The molecule has 1 fully saturated rings. The number of oxazole rings is 1. The first kappa shape index (κ1) is 19.3. The van der Waals surface area contributed by atoms with Crippen molar-refractivity contribution in [1.29, 1.82) is 0 Å². The van der Waals surface area contributed by atoms with Gasteiger partial charge in [-0.2, -0.15) is 0 Å². The molecule has 9 heteroatoms. The molecule has 1 aliphatic heterocycles. The summed E-state index contributed by atoms with van der Waals surface area (Å²) in [5.74, 6) is -0.00230. The van der Waals surface area contributed by atoms with Crippen LogP contribution in [0.3, 0.4) is 0 Å². The third-order valence-corrected chi connectivity index (χ3v) is 7.32. The van der Waals surface area contributed by atoms with Gasteiger partial charge in [0.15, 0.2) is 15.4 Å². The summed E-state index contributed by atoms with van der Waals surface area (Å²) in [4.78, 5) is 18.9. The van der Waals surface area contributed by atoms with Crippen molar-refractivity contribution in [2.45, 2.75) is 17.7 Å². The molecule has 1 aliphatic rings. The van der Waals surface area contributed by atoms with E-state index in [1.54, 1.807) is 23.1 Å². The molecule has 2 aromatic carbocycles. The van der Waals surface area contributed by atoms with Crippen molar-refractivity contribution in [3.63, 3.8) is 0 Å². The maximum Gasteiger partial charge on any atom is 0.257 e. The minimum atomic E-state index is -3.11. The molecule has 6 nitrogen and oxygen atoms in total. The molecule has 1 amide bonds. The molecular formula is C19H17ClN2O4S2. The normalized spacial score (nSPS) is 18.4. The lowest BCUT2D eigenvalue weighted by atomic mass is 10.2. The first-order valence-electron chi connectivity index (χ1n) is 8.68. The summed E-state index contributed by atoms with van der Waals surface area (Å²) in [5, 5.41) is 0.934. The number of hydrogen-bond donors (Lipinski definition) is 0. The maximum atomic E-state index is 13.0. The van der Waals surface area contributed by atoms with Gasteiger partial charge in [0.05, 0.1) is 23.3 Å². The van der Waals surface area contributed by atoms with E-state index in [1.807, 2.05) is 30.3 Å². The number of hydrogen-bond acceptors (Lipinski definition) is 6. The largest absolute Gasteiger partial charge is 0.431 e. The standard InChI is InChI=1S/C19H17ClN2O4S2/c20-13-6-7-17-16(10-13)21-19(26-17)27-11-18(23)22(14-4-2-1-3-5-14)15-8-9-28(24,25)12-15/h1-7,10,15H,8-9,11-12H2. The molecule has 4 rings (SSSR count). The predicted octanol–water partition coefficient (Wildman–Crippen LogP) is 3.79. The average Bonchev–Trinajstić information content (AvgIpc) is 3.23. The highest BCUT2D eigenvalue weighted by Crippen LogP contribution is 2.28. The van der Waals surface area contributed by atoms with Crippen molar-refractivity contribution in [3.8, 4) is 0 Å². The highest BCUT2D eigenvalue weighted by atomic mass is 35.5. The quantitative estimate of drug-likeness (QED) is 0.566. The van der Waals surface area contributed by atoms with E-state index in [-0.39, 0.29) is 29.2 Å². The molecule has 28 heavy (non-hydrogen) atoms. The molecule has 0 radical (unpaired) electrons. The summed E-state index contributed by atoms with van der Waals surface area (Å²) in [6.45, 7) is 0. The van der Waals surface area contributed by atoms with Gasteiger partial charge < -0.3 is 9.32 Å². The minimum Gasteiger partial charge on any atom is -0.431 e. The summed E-state index contributed by atoms with van der Waals surface area (Å²) in [5.41, 5.74) is 1.92. The van der Waals surface area contributed by atoms with Crippen LogP contribution in [-0.2, 0) is 14.6 Å². The number of fused-ring (bicyclic) bond motifs is 1. The van der Waals surface area contributed by atoms with Gasteiger partial charge >= 0.3 is 0 Å². The van der Waals surface area contributed by atoms with Crippen molar-refractivity contribution in [2.24, 2.45) is 0 Å². The van der Waals surface area contributed by atoms with E-state index in [9.17, 15) is 13.2 Å². The number of carbonyl (C=O) groups excluding carboxylic acids is 1. The van der Waals surface area contributed by atoms with E-state index in [1.165, 1.54) is 11.8 Å². The fraction of sp³-hybridized carbons (Fsp3) is 0.263. The number of thioether (sulfide) groups is 1. The van der Waals surface area contributed by atoms with Gasteiger partial charge in [-0.15, -0.1) is 0 Å². The molecule has 3 aromatic rings. The molecule has 1 unspecified atom stereocenters. The van der Waals surface area contributed by atoms with Gasteiger partial charge in [-0.1, -0.05) is 41.6 Å². The van der Waals surface area contributed by atoms with Gasteiger partial charge in [0.1, 0.15) is 5.52 Å². The number of benzene rings is 2. The number of anilines is 1. The van der Waals surface area contributed by atoms with Crippen LogP contribution in [0.4, 0.5) is 5.69 Å². The molecule has 1 saturated heterocycles. The Bertz CT molecular complexity index is 1120. The van der Waals surface area contributed by atoms with E-state index in [4.69, 9.17) is 16.0 Å². The monoisotopic (exact) mass is 436 g/mol. The van der Waals surface area contributed by atoms with Gasteiger partial charge in [-0.05, 0) is 36.8 Å². The van der Waals surface area contributed by atoms with E-state index < -0.39 is 9.84 Å². The summed E-state index contributed by atoms with van der Waals surface area (Å²) in [7, 11) is -3.11. The third kappa shape index (κ3) is 4.19. The smallest absolute Gasteiger partial charge is 0.257 e. The molecule has 0 aliphatic carbocycles. The van der Waals surface area contributed by atoms with E-state index in [0.717, 1.165) is 0 Å². The minimum absolute atomic E-state index is 0.0142. The van der Waals surface area contributed by atoms with Gasteiger partial charge in [-0.25, -0.2) is 13.4 Å². The van der Waals surface area contributed by atoms with Crippen LogP contribution in [0.1, 0.15) is 6.42 Å². The number of sulfone groups is 1. The predicted molar refractivity (Wildman–Crippen MR) is 111 cm³/mol. The molecule has 0 spiro atoms. The van der Waals surface area contributed by atoms with E-state index in [2.05, 4.69) is 4.98 Å². The Morgan fingerprint density at radius 1 is 1.25 bits per heavy atom. The maximum absolute atomic E-state index is 13.0. The van der Waals surface area contributed by atoms with Crippen molar-refractivity contribution in [2.75, 3.05) is 22.2 Å². The zero-order chi connectivity index (χ0) is 19.7. The van der Waals surface area contributed by atoms with Crippen LogP contribution < -0.4 is 4.90 Å². The highest BCUT2D eigenvalue weighted by molar-refractivity contribution is 7.99. The average molecular weight is 437 g/mol. The zero-order valence-electron chi connectivity index (χ0n) is 14.7. The second-order valence-corrected chi connectivity index (χ2v) is 10.1. The summed E-state index contributed by atoms with van der Waals surface area (Å²) in [6.07, 6.45) is 0.440. The van der Waals surface area contributed by atoms with Crippen LogP contribution in [0.25, 0.3) is 11.1 Å². The van der Waals surface area contributed by atoms with E-state index >= 15 is 0 Å². The van der Waals surface area contributed by atoms with Gasteiger partial charge in [0.25, 0.3) is 5.22 Å². The molecule has 146 valence electrons. The lowest BCUT2D eigenvalue weighted by Gasteiger charge is -2.28. The second-order valence-electron chi connectivity index (χ2n) is 6.54. The van der Waals surface area contributed by atoms with Crippen LogP contribution in [0.2, 0.25) is 5.02 Å². The molecule has 1 aromatic heterocycles. The third-order valence-electron chi connectivity index (χ3n) is 4.53. The van der Waals surface area contributed by atoms with Crippen LogP contribution in [-0.4, -0.2) is 42.6 Å². The number of nitrogens with zero attached hydrogens (tertiary/aromatic N) is 2. The van der Waals surface area contributed by atoms with Crippen LogP contribution in [0.5, 0.6) is 0 Å². The number of halogens is 1. The molecule has 0 N–H and O–H groups in total. The Morgan fingerprint density at radius 2 is 2.04 bits per heavy atom. The molecule has 0 bridgehead atoms. The molecule has 2 heterocycles. The fourth-order valence-corrected chi connectivity index (χ4v) is 5.82. The molecule has 0 saturated carbocycles. The summed E-state index contributed by atoms with van der Waals surface area (Å²) >= 11 is 7.14. The fourth-order valence-electron chi connectivity index (χ4n) is 3.26. The Morgan fingerprint density at radius 3 is 2.75 bits per heavy atom. The number of para-hydroxylation sites is 1. The van der Waals surface area contributed by atoms with Crippen molar-refractivity contribution >= 4 is 55.9 Å². The van der Waals surface area contributed by atoms with Crippen molar-refractivity contribution in [1.82, 2.24) is 4.98 Å². The van der Waals surface area contributed by atoms with Gasteiger partial charge in [0, 0.05) is 10.7 Å². The number of amides is 1. The second kappa shape index (κ2) is 7.77. The Labute approximate surface area is 171 Å². The van der Waals surface area contributed by atoms with E-state index in [0.29, 0.717) is 33.5 Å². The first-order valence-corrected chi connectivity index (χ1v) is 11.9. The first-order chi connectivity index (χ1) is 13.4. The summed E-state index contributed by atoms with van der Waals surface area (Å²) < 4.78 is 29.5. The van der Waals surface area contributed by atoms with Gasteiger partial charge in [0.2, 0.25) is 5.91 Å². The highest BCUT2D eigenvalue weighted by Gasteiger charge is 2.35. The van der Waals surface area contributed by atoms with Crippen LogP contribution >= 0.6 is 23.4 Å². The Hall–Kier alpha value is -2.03. The SMILES string of the molecule is O=C(CSc1nc2cc(Cl)ccc2o1)N(c1ccccc1)C1CCS(=O)(=O)C1. The van der Waals surface area contributed by atoms with Crippen molar-refractivity contribution < 1.29 is 17.6 Å². The van der Waals surface area contributed by atoms with Crippen molar-refractivity contribution in [3.05, 3.63) is 53.6 Å². The molecule has 1 atom stereocenters. The number of carbonyl (C=O) groups is 1. The lowest BCUT2D eigenvalue weighted by molar-refractivity contribution is -0.116. The van der Waals surface area contributed by atoms with Gasteiger partial charge in [-0.3, -0.25) is 4.79 Å². The number of aromatic nitrogens is 1. The summed E-state index contributed by atoms with van der Waals surface area (Å²) in [6, 6.07) is 13.9. The van der Waals surface area contributed by atoms with Crippen LogP contribution in [0, 0.1) is 0 Å².